The molecule has 0 aromatic carbocycles. The fourth-order valence-corrected chi connectivity index (χ4v) is 2.02. The van der Waals surface area contributed by atoms with Crippen molar-refractivity contribution < 1.29 is 9.90 Å². The Kier molecular flexibility index (Phi) is 3.71. The third-order valence-electron chi connectivity index (χ3n) is 0.986. The number of nitrogens with two attached hydrogens (primary N) is 1. The van der Waals surface area contributed by atoms with Crippen LogP contribution in [0.3, 0.4) is 0 Å². The summed E-state index contributed by atoms with van der Waals surface area (Å²) in [5, 5.41) is 16.1. The van der Waals surface area contributed by atoms with Crippen LogP contribution in [0, 0.1) is 0 Å². The molecular weight excluding hydrogens is 210 g/mol. The van der Waals surface area contributed by atoms with Gasteiger partial charge in [-0.3, -0.25) is 0 Å². The van der Waals surface area contributed by atoms with Gasteiger partial charge >= 0.3 is 5.97 Å². The van der Waals surface area contributed by atoms with Gasteiger partial charge in [0.15, 0.2) is 4.34 Å². The Morgan fingerprint density at radius 3 is 3.00 bits per heavy atom. The number of anilines is 1. The molecule has 0 atom stereocenters. The Balaban J connectivity index is 2.31. The lowest BCUT2D eigenvalue weighted by atomic mass is 10.5. The first kappa shape index (κ1) is 10.0. The fourth-order valence-electron chi connectivity index (χ4n) is 0.547. The second-order valence-electron chi connectivity index (χ2n) is 1.96. The Bertz CT molecular complexity index is 323. The van der Waals surface area contributed by atoms with E-state index in [2.05, 4.69) is 10.2 Å². The third kappa shape index (κ3) is 3.90. The predicted octanol–water partition coefficient (Wildman–Crippen LogP) is 0.853. The molecule has 0 spiro atoms. The van der Waals surface area contributed by atoms with Crippen LogP contribution in [0.2, 0.25) is 0 Å². The molecule has 1 aromatic rings. The summed E-state index contributed by atoms with van der Waals surface area (Å²) >= 11 is 2.68. The third-order valence-corrected chi connectivity index (χ3v) is 2.82. The summed E-state index contributed by atoms with van der Waals surface area (Å²) in [6, 6.07) is 0. The number of thioether (sulfide) groups is 1. The van der Waals surface area contributed by atoms with Crippen molar-refractivity contribution in [3.8, 4) is 0 Å². The summed E-state index contributed by atoms with van der Waals surface area (Å²) in [6.07, 6.45) is 2.64. The number of nitrogens with zero attached hydrogens (tertiary/aromatic N) is 2. The van der Waals surface area contributed by atoms with Gasteiger partial charge in [-0.25, -0.2) is 4.79 Å². The summed E-state index contributed by atoms with van der Waals surface area (Å²) in [7, 11) is 0. The van der Waals surface area contributed by atoms with Crippen LogP contribution in [0.15, 0.2) is 16.5 Å². The summed E-state index contributed by atoms with van der Waals surface area (Å²) in [5.41, 5.74) is 5.35. The largest absolute Gasteiger partial charge is 0.478 e. The van der Waals surface area contributed by atoms with E-state index in [1.807, 2.05) is 0 Å². The standard InChI is InChI=1S/C6H7N3O2S2/c7-5-8-9-6(13-5)12-3-1-2-4(10)11/h1-2H,3H2,(H2,7,8)(H,10,11). The summed E-state index contributed by atoms with van der Waals surface area (Å²) < 4.78 is 0.743. The molecule has 0 aliphatic carbocycles. The maximum absolute atomic E-state index is 10.1. The van der Waals surface area contributed by atoms with Crippen molar-refractivity contribution in [1.82, 2.24) is 10.2 Å². The van der Waals surface area contributed by atoms with Gasteiger partial charge in [-0.05, 0) is 0 Å². The van der Waals surface area contributed by atoms with E-state index in [4.69, 9.17) is 10.8 Å². The van der Waals surface area contributed by atoms with Crippen molar-refractivity contribution in [2.45, 2.75) is 4.34 Å². The van der Waals surface area contributed by atoms with E-state index in [-0.39, 0.29) is 0 Å². The van der Waals surface area contributed by atoms with Gasteiger partial charge in [0.05, 0.1) is 0 Å². The van der Waals surface area contributed by atoms with Crippen LogP contribution in [0.5, 0.6) is 0 Å². The molecule has 0 fully saturated rings. The molecule has 5 nitrogen and oxygen atoms in total. The van der Waals surface area contributed by atoms with Gasteiger partial charge in [0.1, 0.15) is 0 Å². The Hall–Kier alpha value is -1.08. The molecule has 0 aliphatic rings. The highest BCUT2D eigenvalue weighted by Crippen LogP contribution is 2.23. The van der Waals surface area contributed by atoms with Crippen molar-refractivity contribution in [1.29, 1.82) is 0 Å². The lowest BCUT2D eigenvalue weighted by Crippen LogP contribution is -1.86. The number of aliphatic carboxylic acids is 1. The minimum atomic E-state index is -0.947. The zero-order valence-electron chi connectivity index (χ0n) is 6.51. The van der Waals surface area contributed by atoms with Crippen LogP contribution in [0.25, 0.3) is 0 Å². The lowest BCUT2D eigenvalue weighted by Gasteiger charge is -1.86. The van der Waals surface area contributed by atoms with Crippen molar-refractivity contribution >= 4 is 34.2 Å². The molecule has 0 amide bonds. The molecule has 70 valence electrons. The molecule has 7 heteroatoms. The van der Waals surface area contributed by atoms with E-state index in [1.54, 1.807) is 6.08 Å². The molecule has 0 radical (unpaired) electrons. The van der Waals surface area contributed by atoms with Gasteiger partial charge in [-0.1, -0.05) is 29.2 Å². The van der Waals surface area contributed by atoms with E-state index in [0.29, 0.717) is 10.9 Å². The maximum atomic E-state index is 10.1. The minimum Gasteiger partial charge on any atom is -0.478 e. The predicted molar refractivity (Wildman–Crippen MR) is 51.8 cm³/mol. The monoisotopic (exact) mass is 217 g/mol. The van der Waals surface area contributed by atoms with Crippen molar-refractivity contribution in [3.05, 3.63) is 12.2 Å². The van der Waals surface area contributed by atoms with E-state index in [1.165, 1.54) is 23.1 Å². The second-order valence-corrected chi connectivity index (χ2v) is 4.23. The van der Waals surface area contributed by atoms with E-state index < -0.39 is 5.97 Å². The number of aromatic nitrogens is 2. The summed E-state index contributed by atoms with van der Waals surface area (Å²) in [4.78, 5) is 10.1. The number of hydrogen-bond donors (Lipinski definition) is 2. The molecule has 3 N–H and O–H groups in total. The normalized spacial score (nSPS) is 10.8. The molecule has 1 rings (SSSR count). The highest BCUT2D eigenvalue weighted by atomic mass is 32.2. The molecule has 0 bridgehead atoms. The SMILES string of the molecule is Nc1nnc(SCC=CC(=O)O)s1. The maximum Gasteiger partial charge on any atom is 0.328 e. The molecule has 0 saturated heterocycles. The van der Waals surface area contributed by atoms with Crippen LogP contribution in [0.1, 0.15) is 0 Å². The fraction of sp³-hybridized carbons (Fsp3) is 0.167. The first-order valence-corrected chi connectivity index (χ1v) is 5.10. The zero-order valence-corrected chi connectivity index (χ0v) is 8.14. The van der Waals surface area contributed by atoms with Gasteiger partial charge < -0.3 is 10.8 Å². The highest BCUT2D eigenvalue weighted by molar-refractivity contribution is 8.01. The van der Waals surface area contributed by atoms with Gasteiger partial charge in [0.25, 0.3) is 0 Å². The second kappa shape index (κ2) is 4.83. The van der Waals surface area contributed by atoms with Crippen LogP contribution < -0.4 is 5.73 Å². The number of carboxylic acids is 1. The van der Waals surface area contributed by atoms with Crippen LogP contribution in [-0.4, -0.2) is 27.0 Å². The van der Waals surface area contributed by atoms with Gasteiger partial charge in [-0.2, -0.15) is 0 Å². The molecule has 1 aromatic heterocycles. The number of carbonyl (C=O) groups is 1. The first-order valence-electron chi connectivity index (χ1n) is 3.29. The number of hydrogen-bond acceptors (Lipinski definition) is 6. The highest BCUT2D eigenvalue weighted by Gasteiger charge is 1.99. The molecular formula is C6H7N3O2S2. The van der Waals surface area contributed by atoms with Crippen LogP contribution >= 0.6 is 23.1 Å². The molecule has 0 unspecified atom stereocenters. The lowest BCUT2D eigenvalue weighted by molar-refractivity contribution is -0.131. The number of nitrogen functional groups attached to an aromatic ring is 1. The Labute approximate surface area is 82.7 Å². The Morgan fingerprint density at radius 1 is 1.69 bits per heavy atom. The zero-order chi connectivity index (χ0) is 9.68. The average Bonchev–Trinajstić information content (AvgIpc) is 2.45. The number of rotatable bonds is 4. The van der Waals surface area contributed by atoms with Crippen molar-refractivity contribution in [2.75, 3.05) is 11.5 Å². The Morgan fingerprint density at radius 2 is 2.46 bits per heavy atom. The van der Waals surface area contributed by atoms with Crippen LogP contribution in [-0.2, 0) is 4.79 Å². The average molecular weight is 217 g/mol. The van der Waals surface area contributed by atoms with Crippen molar-refractivity contribution in [3.63, 3.8) is 0 Å². The summed E-state index contributed by atoms with van der Waals surface area (Å²) in [6.45, 7) is 0. The molecule has 1 heterocycles. The first-order chi connectivity index (χ1) is 6.18. The molecule has 0 saturated carbocycles. The smallest absolute Gasteiger partial charge is 0.328 e. The van der Waals surface area contributed by atoms with Crippen LogP contribution in [0.4, 0.5) is 5.13 Å². The molecule has 0 aliphatic heterocycles. The van der Waals surface area contributed by atoms with E-state index in [9.17, 15) is 4.79 Å². The topological polar surface area (TPSA) is 89.1 Å². The minimum absolute atomic E-state index is 0.421. The van der Waals surface area contributed by atoms with Gasteiger partial charge in [0, 0.05) is 11.8 Å². The number of carboxylic acid groups (broad SMARTS) is 1. The quantitative estimate of drug-likeness (QED) is 0.574. The molecule has 13 heavy (non-hydrogen) atoms. The van der Waals surface area contributed by atoms with E-state index >= 15 is 0 Å². The van der Waals surface area contributed by atoms with Crippen molar-refractivity contribution in [2.24, 2.45) is 0 Å². The van der Waals surface area contributed by atoms with E-state index in [0.717, 1.165) is 10.4 Å². The van der Waals surface area contributed by atoms with Gasteiger partial charge in [0.2, 0.25) is 5.13 Å². The summed E-state index contributed by atoms with van der Waals surface area (Å²) in [5.74, 6) is -0.390. The van der Waals surface area contributed by atoms with Gasteiger partial charge in [-0.15, -0.1) is 10.2 Å².